The molecule has 0 saturated carbocycles. The summed E-state index contributed by atoms with van der Waals surface area (Å²) in [5, 5.41) is 0. The van der Waals surface area contributed by atoms with Crippen molar-refractivity contribution in [3.63, 3.8) is 0 Å². The first-order valence-electron chi connectivity index (χ1n) is 11.8. The number of piperidine rings is 1. The van der Waals surface area contributed by atoms with Gasteiger partial charge in [-0.2, -0.15) is 0 Å². The van der Waals surface area contributed by atoms with Crippen LogP contribution in [0.5, 0.6) is 5.75 Å². The van der Waals surface area contributed by atoms with Gasteiger partial charge in [-0.15, -0.1) is 0 Å². The van der Waals surface area contributed by atoms with Crippen LogP contribution in [0.4, 0.5) is 11.4 Å². The van der Waals surface area contributed by atoms with Crippen LogP contribution in [0.1, 0.15) is 34.1 Å². The predicted molar refractivity (Wildman–Crippen MR) is 135 cm³/mol. The van der Waals surface area contributed by atoms with E-state index in [1.165, 1.54) is 5.69 Å². The van der Waals surface area contributed by atoms with E-state index < -0.39 is 9.84 Å². The second-order valence-corrected chi connectivity index (χ2v) is 12.6. The van der Waals surface area contributed by atoms with Crippen molar-refractivity contribution in [2.45, 2.75) is 45.1 Å². The van der Waals surface area contributed by atoms with Gasteiger partial charge in [0.15, 0.2) is 9.84 Å². The normalized spacial score (nSPS) is 24.6. The summed E-state index contributed by atoms with van der Waals surface area (Å²) in [5.74, 6) is 0.875. The highest BCUT2D eigenvalue weighted by Gasteiger charge is 2.51. The van der Waals surface area contributed by atoms with Crippen LogP contribution in [0.25, 0.3) is 0 Å². The summed E-state index contributed by atoms with van der Waals surface area (Å²) in [5.41, 5.74) is 8.04. The van der Waals surface area contributed by atoms with Crippen molar-refractivity contribution < 1.29 is 13.2 Å². The molecule has 3 aliphatic rings. The molecule has 0 spiro atoms. The lowest BCUT2D eigenvalue weighted by Crippen LogP contribution is -2.56. The molecule has 3 aliphatic heterocycles. The van der Waals surface area contributed by atoms with Crippen LogP contribution in [-0.2, 0) is 9.84 Å². The fraction of sp³-hybridized carbons (Fsp3) is 0.538. The van der Waals surface area contributed by atoms with Gasteiger partial charge in [-0.05, 0) is 67.3 Å². The lowest BCUT2D eigenvalue weighted by molar-refractivity contribution is 0.129. The molecule has 2 bridgehead atoms. The van der Waals surface area contributed by atoms with E-state index in [1.54, 1.807) is 12.1 Å². The maximum atomic E-state index is 12.4. The molecule has 0 aromatic heterocycles. The molecular weight excluding hydrogens is 434 g/mol. The number of rotatable bonds is 7. The molecule has 3 saturated heterocycles. The largest absolute Gasteiger partial charge is 0.494 e. The number of ether oxygens (including phenoxy) is 1. The number of benzene rings is 2. The lowest BCUT2D eigenvalue weighted by Gasteiger charge is -2.52. The van der Waals surface area contributed by atoms with E-state index in [1.807, 2.05) is 19.1 Å². The second-order valence-electron chi connectivity index (χ2n) is 10.5. The van der Waals surface area contributed by atoms with Crippen LogP contribution in [0.3, 0.4) is 0 Å². The number of sulfone groups is 1. The number of nitrogens with zero attached hydrogens (tertiary/aromatic N) is 2. The minimum Gasteiger partial charge on any atom is -0.494 e. The topological polar surface area (TPSA) is 75.9 Å². The van der Waals surface area contributed by atoms with Crippen LogP contribution in [0.15, 0.2) is 53.4 Å². The zero-order chi connectivity index (χ0) is 23.9. The zero-order valence-corrected chi connectivity index (χ0v) is 21.1. The summed E-state index contributed by atoms with van der Waals surface area (Å²) in [6, 6.07) is 16.2. The van der Waals surface area contributed by atoms with Crippen LogP contribution < -0.4 is 20.3 Å². The minimum atomic E-state index is -3.32. The van der Waals surface area contributed by atoms with Crippen molar-refractivity contribution in [2.75, 3.05) is 48.3 Å². The zero-order valence-electron chi connectivity index (χ0n) is 20.3. The average Bonchev–Trinajstić information content (AvgIpc) is 2.97. The molecule has 2 N–H and O–H groups in total. The first-order valence-corrected chi connectivity index (χ1v) is 13.5. The van der Waals surface area contributed by atoms with Crippen LogP contribution in [-0.4, -0.2) is 53.0 Å². The molecule has 1 unspecified atom stereocenters. The Labute approximate surface area is 198 Å². The first kappa shape index (κ1) is 23.9. The van der Waals surface area contributed by atoms with Gasteiger partial charge >= 0.3 is 0 Å². The highest BCUT2D eigenvalue weighted by atomic mass is 32.2. The quantitative estimate of drug-likeness (QED) is 0.659. The summed E-state index contributed by atoms with van der Waals surface area (Å²) >= 11 is 0. The average molecular weight is 472 g/mol. The van der Waals surface area contributed by atoms with E-state index in [0.717, 1.165) is 37.5 Å². The van der Waals surface area contributed by atoms with E-state index >= 15 is 0 Å². The van der Waals surface area contributed by atoms with Gasteiger partial charge in [0.2, 0.25) is 0 Å². The van der Waals surface area contributed by atoms with E-state index in [9.17, 15) is 8.42 Å². The Kier molecular flexibility index (Phi) is 6.40. The van der Waals surface area contributed by atoms with Gasteiger partial charge in [0.1, 0.15) is 5.75 Å². The summed E-state index contributed by atoms with van der Waals surface area (Å²) in [6.07, 6.45) is 1.15. The Morgan fingerprint density at radius 3 is 2.24 bits per heavy atom. The maximum absolute atomic E-state index is 12.4. The van der Waals surface area contributed by atoms with Gasteiger partial charge in [0, 0.05) is 43.0 Å². The molecule has 0 amide bonds. The minimum absolute atomic E-state index is 0.0263. The molecule has 33 heavy (non-hydrogen) atoms. The van der Waals surface area contributed by atoms with Crippen molar-refractivity contribution in [1.82, 2.24) is 0 Å². The van der Waals surface area contributed by atoms with Crippen molar-refractivity contribution in [3.05, 3.63) is 48.5 Å². The monoisotopic (exact) mass is 471 g/mol. The van der Waals surface area contributed by atoms with Crippen LogP contribution >= 0.6 is 0 Å². The highest BCUT2D eigenvalue weighted by Crippen LogP contribution is 2.49. The van der Waals surface area contributed by atoms with Crippen molar-refractivity contribution in [1.29, 1.82) is 0 Å². The Balaban J connectivity index is 1.63. The molecular formula is C26H37N3O3S. The van der Waals surface area contributed by atoms with Gasteiger partial charge in [0.05, 0.1) is 23.3 Å². The Bertz CT molecular complexity index is 1070. The lowest BCUT2D eigenvalue weighted by atomic mass is 9.67. The molecule has 3 heterocycles. The van der Waals surface area contributed by atoms with E-state index in [0.29, 0.717) is 17.5 Å². The number of nitrogens with two attached hydrogens (primary N) is 1. The first-order chi connectivity index (χ1) is 15.6. The number of anilines is 2. The molecule has 5 rings (SSSR count). The van der Waals surface area contributed by atoms with Gasteiger partial charge < -0.3 is 20.3 Å². The molecule has 180 valence electrons. The molecule has 3 fully saturated rings. The van der Waals surface area contributed by atoms with Crippen molar-refractivity contribution in [3.8, 4) is 5.75 Å². The standard InChI is InChI=1S/C26H37N3O3S/c1-5-32-22-10-6-21(7-11-22)29-19-26(4)17-25(2,3)24(29)16-28(18-26)20-8-12-23(13-9-20)33(30,31)15-14-27/h6-13,24H,5,14-19,27H2,1-4H3/t24?,26-/m1/s1. The van der Waals surface area contributed by atoms with E-state index in [2.05, 4.69) is 54.8 Å². The van der Waals surface area contributed by atoms with Gasteiger partial charge in [0.25, 0.3) is 0 Å². The molecule has 2 aromatic rings. The summed E-state index contributed by atoms with van der Waals surface area (Å²) < 4.78 is 30.4. The van der Waals surface area contributed by atoms with Crippen molar-refractivity contribution >= 4 is 21.2 Å². The number of hydrogen-bond donors (Lipinski definition) is 1. The highest BCUT2D eigenvalue weighted by molar-refractivity contribution is 7.91. The summed E-state index contributed by atoms with van der Waals surface area (Å²) in [6.45, 7) is 12.8. The summed E-state index contributed by atoms with van der Waals surface area (Å²) in [4.78, 5) is 5.35. The third-order valence-electron chi connectivity index (χ3n) is 7.11. The smallest absolute Gasteiger partial charge is 0.179 e. The number of fused-ring (bicyclic) bond motifs is 4. The van der Waals surface area contributed by atoms with Gasteiger partial charge in [-0.1, -0.05) is 20.8 Å². The third-order valence-corrected chi connectivity index (χ3v) is 8.87. The van der Waals surface area contributed by atoms with Crippen molar-refractivity contribution in [2.24, 2.45) is 16.6 Å². The second kappa shape index (κ2) is 8.84. The molecule has 2 atom stereocenters. The maximum Gasteiger partial charge on any atom is 0.179 e. The Hall–Kier alpha value is -2.25. The molecule has 0 radical (unpaired) electrons. The Morgan fingerprint density at radius 2 is 1.64 bits per heavy atom. The Morgan fingerprint density at radius 1 is 1.00 bits per heavy atom. The molecule has 6 nitrogen and oxygen atoms in total. The van der Waals surface area contributed by atoms with E-state index in [-0.39, 0.29) is 23.1 Å². The predicted octanol–water partition coefficient (Wildman–Crippen LogP) is 3.95. The van der Waals surface area contributed by atoms with Crippen LogP contribution in [0.2, 0.25) is 0 Å². The number of hydrogen-bond acceptors (Lipinski definition) is 6. The van der Waals surface area contributed by atoms with Gasteiger partial charge in [-0.25, -0.2) is 8.42 Å². The fourth-order valence-corrected chi connectivity index (χ4v) is 7.01. The molecule has 0 aliphatic carbocycles. The third kappa shape index (κ3) is 4.85. The fourth-order valence-electron chi connectivity index (χ4n) is 5.91. The molecule has 7 heteroatoms. The summed E-state index contributed by atoms with van der Waals surface area (Å²) in [7, 11) is -3.32. The molecule has 2 aromatic carbocycles. The van der Waals surface area contributed by atoms with E-state index in [4.69, 9.17) is 10.5 Å². The van der Waals surface area contributed by atoms with Crippen LogP contribution in [0, 0.1) is 10.8 Å². The SMILES string of the molecule is CCOc1ccc(N2C[C@@]3(C)CN(c4ccc(S(=O)(=O)CCN)cc4)CC2C(C)(C)C3)cc1. The van der Waals surface area contributed by atoms with Gasteiger partial charge in [-0.3, -0.25) is 0 Å².